The van der Waals surface area contributed by atoms with E-state index < -0.39 is 0 Å². The molecule has 0 saturated carbocycles. The normalized spacial score (nSPS) is 17.5. The number of carbonyl (C=O) groups is 2. The van der Waals surface area contributed by atoms with Crippen LogP contribution < -0.4 is 0 Å². The third-order valence-corrected chi connectivity index (χ3v) is 3.76. The number of nitrogens with zero attached hydrogens (tertiary/aromatic N) is 1. The van der Waals surface area contributed by atoms with Gasteiger partial charge in [0.05, 0.1) is 18.1 Å². The van der Waals surface area contributed by atoms with Gasteiger partial charge in [0.25, 0.3) is 11.1 Å². The lowest BCUT2D eigenvalue weighted by Gasteiger charge is -2.08. The number of aryl methyl sites for hydroxylation is 1. The third kappa shape index (κ3) is 3.45. The van der Waals surface area contributed by atoms with Gasteiger partial charge in [-0.05, 0) is 30.2 Å². The van der Waals surface area contributed by atoms with E-state index in [1.165, 1.54) is 5.56 Å². The highest BCUT2D eigenvalue weighted by Crippen LogP contribution is 2.30. The molecule has 5 heteroatoms. The van der Waals surface area contributed by atoms with Crippen LogP contribution in [-0.2, 0) is 11.2 Å². The van der Waals surface area contributed by atoms with Crippen LogP contribution in [0.1, 0.15) is 12.0 Å². The zero-order valence-electron chi connectivity index (χ0n) is 10.4. The zero-order chi connectivity index (χ0) is 13.7. The number of rotatable bonds is 5. The Bertz CT molecular complexity index is 499. The summed E-state index contributed by atoms with van der Waals surface area (Å²) < 4.78 is 0. The average Bonchev–Trinajstić information content (AvgIpc) is 2.68. The maximum absolute atomic E-state index is 11.9. The average molecular weight is 277 g/mol. The molecule has 0 bridgehead atoms. The number of aliphatic hydroxyl groups is 1. The number of benzene rings is 1. The van der Waals surface area contributed by atoms with Gasteiger partial charge in [0, 0.05) is 0 Å². The maximum atomic E-state index is 11.9. The highest BCUT2D eigenvalue weighted by Gasteiger charge is 2.34. The molecular weight excluding hydrogens is 262 g/mol. The van der Waals surface area contributed by atoms with Crippen molar-refractivity contribution < 1.29 is 14.7 Å². The van der Waals surface area contributed by atoms with E-state index in [2.05, 4.69) is 0 Å². The molecule has 0 unspecified atom stereocenters. The van der Waals surface area contributed by atoms with Crippen molar-refractivity contribution in [2.75, 3.05) is 13.2 Å². The first-order valence-electron chi connectivity index (χ1n) is 6.11. The molecule has 1 aromatic rings. The second kappa shape index (κ2) is 6.54. The Labute approximate surface area is 116 Å². The molecule has 0 spiro atoms. The van der Waals surface area contributed by atoms with Gasteiger partial charge in [-0.3, -0.25) is 14.5 Å². The number of hydrogen-bond acceptors (Lipinski definition) is 4. The molecule has 2 rings (SSSR count). The van der Waals surface area contributed by atoms with Crippen molar-refractivity contribution in [3.8, 4) is 0 Å². The summed E-state index contributed by atoms with van der Waals surface area (Å²) in [6.45, 7) is -0.129. The van der Waals surface area contributed by atoms with Gasteiger partial charge in [-0.25, -0.2) is 0 Å². The fraction of sp³-hybridized carbons (Fsp3) is 0.286. The maximum Gasteiger partial charge on any atom is 0.293 e. The van der Waals surface area contributed by atoms with Crippen LogP contribution in [0, 0.1) is 0 Å². The first kappa shape index (κ1) is 13.8. The zero-order valence-corrected chi connectivity index (χ0v) is 11.2. The minimum atomic E-state index is -0.301. The lowest BCUT2D eigenvalue weighted by molar-refractivity contribution is -0.123. The molecule has 1 saturated heterocycles. The molecule has 1 N–H and O–H groups in total. The van der Waals surface area contributed by atoms with Crippen molar-refractivity contribution in [1.82, 2.24) is 4.90 Å². The molecule has 2 amide bonds. The minimum Gasteiger partial charge on any atom is -0.395 e. The highest BCUT2D eigenvalue weighted by molar-refractivity contribution is 8.18. The van der Waals surface area contributed by atoms with Crippen molar-refractivity contribution in [2.45, 2.75) is 12.8 Å². The third-order valence-electron chi connectivity index (χ3n) is 2.80. The van der Waals surface area contributed by atoms with E-state index >= 15 is 0 Å². The van der Waals surface area contributed by atoms with Gasteiger partial charge in [-0.15, -0.1) is 0 Å². The molecule has 1 aliphatic heterocycles. The van der Waals surface area contributed by atoms with Gasteiger partial charge in [-0.1, -0.05) is 36.4 Å². The second-order valence-electron chi connectivity index (χ2n) is 4.14. The molecule has 1 heterocycles. The number of aliphatic hydroxyl groups excluding tert-OH is 1. The van der Waals surface area contributed by atoms with E-state index in [1.807, 2.05) is 30.3 Å². The van der Waals surface area contributed by atoms with Gasteiger partial charge in [0.15, 0.2) is 0 Å². The second-order valence-corrected chi connectivity index (χ2v) is 5.13. The van der Waals surface area contributed by atoms with E-state index in [9.17, 15) is 9.59 Å². The molecule has 0 aromatic heterocycles. The van der Waals surface area contributed by atoms with Crippen molar-refractivity contribution >= 4 is 22.9 Å². The summed E-state index contributed by atoms with van der Waals surface area (Å²) in [6.07, 6.45) is 3.36. The summed E-state index contributed by atoms with van der Waals surface area (Å²) in [4.78, 5) is 24.9. The van der Waals surface area contributed by atoms with Crippen LogP contribution in [0.15, 0.2) is 41.3 Å². The number of hydrogen-bond donors (Lipinski definition) is 1. The van der Waals surface area contributed by atoms with Gasteiger partial charge < -0.3 is 5.11 Å². The summed E-state index contributed by atoms with van der Waals surface area (Å²) >= 11 is 0.944. The smallest absolute Gasteiger partial charge is 0.293 e. The Morgan fingerprint density at radius 1 is 1.21 bits per heavy atom. The lowest BCUT2D eigenvalue weighted by atomic mass is 10.1. The van der Waals surface area contributed by atoms with E-state index in [0.29, 0.717) is 4.91 Å². The molecule has 1 aromatic carbocycles. The molecule has 1 fully saturated rings. The van der Waals surface area contributed by atoms with Crippen LogP contribution in [0.4, 0.5) is 4.79 Å². The molecule has 100 valence electrons. The minimum absolute atomic E-state index is 0.0701. The van der Waals surface area contributed by atoms with Crippen molar-refractivity contribution in [3.05, 3.63) is 46.9 Å². The first-order chi connectivity index (χ1) is 9.22. The number of carbonyl (C=O) groups excluding carboxylic acids is 2. The Kier molecular flexibility index (Phi) is 4.76. The fourth-order valence-electron chi connectivity index (χ4n) is 1.85. The molecule has 4 nitrogen and oxygen atoms in total. The topological polar surface area (TPSA) is 57.6 Å². The quantitative estimate of drug-likeness (QED) is 0.838. The van der Waals surface area contributed by atoms with Crippen LogP contribution in [0.5, 0.6) is 0 Å². The van der Waals surface area contributed by atoms with Gasteiger partial charge in [-0.2, -0.15) is 0 Å². The largest absolute Gasteiger partial charge is 0.395 e. The highest BCUT2D eigenvalue weighted by atomic mass is 32.2. The summed E-state index contributed by atoms with van der Waals surface area (Å²) in [5.74, 6) is -0.294. The molecule has 0 atom stereocenters. The molecule has 0 radical (unpaired) electrons. The number of imide groups is 1. The summed E-state index contributed by atoms with van der Waals surface area (Å²) in [5.41, 5.74) is 1.20. The number of amides is 2. The lowest BCUT2D eigenvalue weighted by Crippen LogP contribution is -2.30. The van der Waals surface area contributed by atoms with Crippen LogP contribution in [0.25, 0.3) is 0 Å². The van der Waals surface area contributed by atoms with Gasteiger partial charge >= 0.3 is 0 Å². The number of thioether (sulfide) groups is 1. The molecular formula is C14H15NO3S. The number of β-amino-alcohol motifs (C(OH)–C–C–N with tert-alkyl or cyclic N) is 1. The predicted molar refractivity (Wildman–Crippen MR) is 74.6 cm³/mol. The van der Waals surface area contributed by atoms with Gasteiger partial charge in [0.1, 0.15) is 0 Å². The Morgan fingerprint density at radius 3 is 2.63 bits per heavy atom. The molecule has 1 aliphatic rings. The predicted octanol–water partition coefficient (Wildman–Crippen LogP) is 2.19. The molecule has 19 heavy (non-hydrogen) atoms. The first-order valence-corrected chi connectivity index (χ1v) is 6.92. The summed E-state index contributed by atoms with van der Waals surface area (Å²) in [5, 5.41) is 8.50. The van der Waals surface area contributed by atoms with Crippen LogP contribution in [0.3, 0.4) is 0 Å². The Morgan fingerprint density at radius 2 is 1.95 bits per heavy atom. The summed E-state index contributed by atoms with van der Waals surface area (Å²) in [7, 11) is 0. The van der Waals surface area contributed by atoms with E-state index in [1.54, 1.807) is 6.08 Å². The van der Waals surface area contributed by atoms with Crippen LogP contribution in [-0.4, -0.2) is 34.3 Å². The van der Waals surface area contributed by atoms with Crippen LogP contribution in [0.2, 0.25) is 0 Å². The van der Waals surface area contributed by atoms with Crippen LogP contribution >= 0.6 is 11.8 Å². The standard InChI is InChI=1S/C14H15NO3S/c16-10-9-15-13(17)12(19-14(15)18)8-4-7-11-5-2-1-3-6-11/h1-3,5-6,8,16H,4,7,9-10H2/b12-8-. The van der Waals surface area contributed by atoms with E-state index in [0.717, 1.165) is 29.5 Å². The monoisotopic (exact) mass is 277 g/mol. The fourth-order valence-corrected chi connectivity index (χ4v) is 2.72. The van der Waals surface area contributed by atoms with Crippen molar-refractivity contribution in [3.63, 3.8) is 0 Å². The van der Waals surface area contributed by atoms with Crippen molar-refractivity contribution in [1.29, 1.82) is 0 Å². The molecule has 0 aliphatic carbocycles. The number of allylic oxidation sites excluding steroid dienone is 1. The Balaban J connectivity index is 1.94. The van der Waals surface area contributed by atoms with E-state index in [-0.39, 0.29) is 24.3 Å². The van der Waals surface area contributed by atoms with Crippen molar-refractivity contribution in [2.24, 2.45) is 0 Å². The SMILES string of the molecule is O=C1S/C(=C\CCc2ccccc2)C(=O)N1CCO. The Hall–Kier alpha value is -1.59. The van der Waals surface area contributed by atoms with Gasteiger partial charge in [0.2, 0.25) is 0 Å². The van der Waals surface area contributed by atoms with E-state index in [4.69, 9.17) is 5.11 Å². The summed E-state index contributed by atoms with van der Waals surface area (Å²) in [6, 6.07) is 9.98.